The average molecular weight is 466 g/mol. The van der Waals surface area contributed by atoms with Crippen molar-refractivity contribution in [1.29, 1.82) is 0 Å². The van der Waals surface area contributed by atoms with Crippen molar-refractivity contribution in [2.75, 3.05) is 26.2 Å². The Hall–Kier alpha value is -3.65. The fourth-order valence-electron chi connectivity index (χ4n) is 4.01. The second kappa shape index (κ2) is 9.87. The molecule has 33 heavy (non-hydrogen) atoms. The topological polar surface area (TPSA) is 94.6 Å². The van der Waals surface area contributed by atoms with Gasteiger partial charge in [0.2, 0.25) is 5.91 Å². The van der Waals surface area contributed by atoms with Gasteiger partial charge < -0.3 is 15.5 Å². The molecule has 0 aliphatic carbocycles. The monoisotopic (exact) mass is 465 g/mol. The van der Waals surface area contributed by atoms with Crippen molar-refractivity contribution >= 4 is 29.4 Å². The van der Waals surface area contributed by atoms with Crippen LogP contribution in [0.3, 0.4) is 0 Å². The van der Waals surface area contributed by atoms with Crippen LogP contribution in [0.2, 0.25) is 5.02 Å². The van der Waals surface area contributed by atoms with Crippen LogP contribution in [0.25, 0.3) is 0 Å². The molecule has 2 N–H and O–H groups in total. The van der Waals surface area contributed by atoms with Crippen molar-refractivity contribution in [3.05, 3.63) is 88.9 Å². The Labute approximate surface area is 196 Å². The second-order valence-corrected chi connectivity index (χ2v) is 8.21. The summed E-state index contributed by atoms with van der Waals surface area (Å²) < 4.78 is 0. The summed E-state index contributed by atoms with van der Waals surface area (Å²) in [5.41, 5.74) is 2.67. The van der Waals surface area contributed by atoms with Crippen molar-refractivity contribution in [2.24, 2.45) is 0 Å². The second-order valence-electron chi connectivity index (χ2n) is 7.78. The number of rotatable bonds is 8. The van der Waals surface area contributed by atoms with Crippen molar-refractivity contribution < 1.29 is 14.4 Å². The smallest absolute Gasteiger partial charge is 0.322 e. The van der Waals surface area contributed by atoms with E-state index >= 15 is 0 Å². The Morgan fingerprint density at radius 3 is 2.73 bits per heavy atom. The quantitative estimate of drug-likeness (QED) is 0.585. The summed E-state index contributed by atoms with van der Waals surface area (Å²) in [6.07, 6.45) is 3.90. The fourth-order valence-corrected chi connectivity index (χ4v) is 4.13. The third-order valence-electron chi connectivity index (χ3n) is 5.58. The molecule has 0 fully saturated rings. The average Bonchev–Trinajstić information content (AvgIpc) is 3.12. The third kappa shape index (κ3) is 4.90. The molecular weight excluding hydrogens is 442 g/mol. The number of urea groups is 1. The molecule has 170 valence electrons. The van der Waals surface area contributed by atoms with Crippen LogP contribution in [-0.4, -0.2) is 58.8 Å². The normalized spacial score (nSPS) is 17.7. The van der Waals surface area contributed by atoms with Gasteiger partial charge in [0, 0.05) is 36.4 Å². The summed E-state index contributed by atoms with van der Waals surface area (Å²) in [7, 11) is 0. The van der Waals surface area contributed by atoms with E-state index in [4.69, 9.17) is 11.6 Å². The molecule has 0 bridgehead atoms. The molecule has 0 spiro atoms. The number of pyridine rings is 1. The zero-order valence-electron chi connectivity index (χ0n) is 18.0. The first-order valence-corrected chi connectivity index (χ1v) is 11.0. The Bertz CT molecular complexity index is 1100. The van der Waals surface area contributed by atoms with E-state index < -0.39 is 6.04 Å². The lowest BCUT2D eigenvalue weighted by atomic mass is 9.95. The van der Waals surface area contributed by atoms with E-state index in [1.165, 1.54) is 9.80 Å². The molecule has 3 heterocycles. The summed E-state index contributed by atoms with van der Waals surface area (Å²) in [6.45, 7) is 4.46. The summed E-state index contributed by atoms with van der Waals surface area (Å²) >= 11 is 6.00. The lowest BCUT2D eigenvalue weighted by molar-refractivity contribution is -0.131. The molecule has 1 aromatic carbocycles. The predicted molar refractivity (Wildman–Crippen MR) is 124 cm³/mol. The van der Waals surface area contributed by atoms with Crippen molar-refractivity contribution in [3.63, 3.8) is 0 Å². The summed E-state index contributed by atoms with van der Waals surface area (Å²) in [5, 5.41) is 6.29. The van der Waals surface area contributed by atoms with Crippen LogP contribution < -0.4 is 10.6 Å². The van der Waals surface area contributed by atoms with Crippen LogP contribution in [0.4, 0.5) is 4.79 Å². The van der Waals surface area contributed by atoms with Crippen LogP contribution in [0.1, 0.15) is 17.3 Å². The van der Waals surface area contributed by atoms with Gasteiger partial charge in [-0.25, -0.2) is 4.79 Å². The highest BCUT2D eigenvalue weighted by atomic mass is 35.5. The van der Waals surface area contributed by atoms with Gasteiger partial charge in [-0.05, 0) is 29.8 Å². The maximum atomic E-state index is 13.3. The maximum absolute atomic E-state index is 13.3. The van der Waals surface area contributed by atoms with E-state index in [-0.39, 0.29) is 37.5 Å². The number of hydrogen-bond donors (Lipinski definition) is 2. The molecule has 0 radical (unpaired) electrons. The summed E-state index contributed by atoms with van der Waals surface area (Å²) in [4.78, 5) is 45.8. The minimum absolute atomic E-state index is 0.0997. The molecule has 0 saturated heterocycles. The van der Waals surface area contributed by atoms with Gasteiger partial charge in [-0.2, -0.15) is 0 Å². The Balaban J connectivity index is 1.48. The van der Waals surface area contributed by atoms with Gasteiger partial charge in [0.05, 0.1) is 23.9 Å². The molecule has 2 aliphatic rings. The Kier molecular flexibility index (Phi) is 6.74. The standard InChI is InChI=1S/C24H24ClN5O3/c1-2-13-30-19-14-29(15-20(31)27-12-10-18-5-3-4-11-26-18)23(32)21(19)22(28-24(30)33)16-6-8-17(25)9-7-16/h2-9,11,22H,1,10,12-15H2,(H,27,31)(H,28,33)/t22-/m1/s1. The largest absolute Gasteiger partial charge is 0.354 e. The number of carbonyl (C=O) groups excluding carboxylic acids is 3. The number of benzene rings is 1. The number of nitrogens with zero attached hydrogens (tertiary/aromatic N) is 3. The third-order valence-corrected chi connectivity index (χ3v) is 5.83. The lowest BCUT2D eigenvalue weighted by Gasteiger charge is -2.33. The molecule has 0 unspecified atom stereocenters. The van der Waals surface area contributed by atoms with Crippen LogP contribution in [0, 0.1) is 0 Å². The molecule has 2 aromatic rings. The molecule has 2 aliphatic heterocycles. The van der Waals surface area contributed by atoms with Gasteiger partial charge >= 0.3 is 6.03 Å². The highest BCUT2D eigenvalue weighted by Gasteiger charge is 2.44. The lowest BCUT2D eigenvalue weighted by Crippen LogP contribution is -2.47. The van der Waals surface area contributed by atoms with Crippen molar-refractivity contribution in [2.45, 2.75) is 12.5 Å². The molecule has 9 heteroatoms. The van der Waals surface area contributed by atoms with E-state index in [1.807, 2.05) is 18.2 Å². The number of aromatic nitrogens is 1. The highest BCUT2D eigenvalue weighted by molar-refractivity contribution is 6.30. The maximum Gasteiger partial charge on any atom is 0.322 e. The number of halogens is 1. The summed E-state index contributed by atoms with van der Waals surface area (Å²) in [5.74, 6) is -0.546. The molecule has 1 aromatic heterocycles. The Morgan fingerprint density at radius 1 is 1.24 bits per heavy atom. The zero-order chi connectivity index (χ0) is 23.4. The number of amides is 4. The Morgan fingerprint density at radius 2 is 2.03 bits per heavy atom. The van der Waals surface area contributed by atoms with Crippen LogP contribution in [0.15, 0.2) is 72.6 Å². The van der Waals surface area contributed by atoms with Gasteiger partial charge in [0.15, 0.2) is 0 Å². The molecule has 1 atom stereocenters. The van der Waals surface area contributed by atoms with E-state index in [2.05, 4.69) is 22.2 Å². The molecule has 4 rings (SSSR count). The first-order chi connectivity index (χ1) is 16.0. The highest BCUT2D eigenvalue weighted by Crippen LogP contribution is 2.36. The fraction of sp³-hybridized carbons (Fsp3) is 0.250. The van der Waals surface area contributed by atoms with Crippen LogP contribution in [-0.2, 0) is 16.0 Å². The van der Waals surface area contributed by atoms with E-state index in [0.29, 0.717) is 29.3 Å². The van der Waals surface area contributed by atoms with E-state index in [0.717, 1.165) is 11.3 Å². The minimum atomic E-state index is -0.615. The van der Waals surface area contributed by atoms with Gasteiger partial charge in [-0.15, -0.1) is 6.58 Å². The molecular formula is C24H24ClN5O3. The SMILES string of the molecule is C=CCN1C(=O)N[C@H](c2ccc(Cl)cc2)C2=C1CN(CC(=O)NCCc1ccccn1)C2=O. The number of carbonyl (C=O) groups is 3. The van der Waals surface area contributed by atoms with Gasteiger partial charge in [0.1, 0.15) is 6.54 Å². The first-order valence-electron chi connectivity index (χ1n) is 10.6. The zero-order valence-corrected chi connectivity index (χ0v) is 18.7. The predicted octanol–water partition coefficient (Wildman–Crippen LogP) is 2.44. The molecule has 8 nitrogen and oxygen atoms in total. The van der Waals surface area contributed by atoms with Gasteiger partial charge in [0.25, 0.3) is 5.91 Å². The first kappa shape index (κ1) is 22.5. The summed E-state index contributed by atoms with van der Waals surface area (Å²) in [6, 6.07) is 11.7. The van der Waals surface area contributed by atoms with Gasteiger partial charge in [-0.1, -0.05) is 35.9 Å². The minimum Gasteiger partial charge on any atom is -0.354 e. The number of nitrogens with one attached hydrogen (secondary N) is 2. The molecule has 0 saturated carbocycles. The van der Waals surface area contributed by atoms with Crippen molar-refractivity contribution in [1.82, 2.24) is 25.4 Å². The van der Waals surface area contributed by atoms with Crippen LogP contribution >= 0.6 is 11.6 Å². The van der Waals surface area contributed by atoms with Crippen molar-refractivity contribution in [3.8, 4) is 0 Å². The number of hydrogen-bond acceptors (Lipinski definition) is 4. The van der Waals surface area contributed by atoms with Gasteiger partial charge in [-0.3, -0.25) is 19.5 Å². The van der Waals surface area contributed by atoms with Crippen LogP contribution in [0.5, 0.6) is 0 Å². The van der Waals surface area contributed by atoms with E-state index in [9.17, 15) is 14.4 Å². The van der Waals surface area contributed by atoms with E-state index in [1.54, 1.807) is 36.5 Å². The molecule has 4 amide bonds.